The molecule has 20 heavy (non-hydrogen) atoms. The molecule has 3 rings (SSSR count). The lowest BCUT2D eigenvalue weighted by molar-refractivity contribution is 0.131. The molecule has 0 unspecified atom stereocenters. The summed E-state index contributed by atoms with van der Waals surface area (Å²) in [4.78, 5) is 8.15. The van der Waals surface area contributed by atoms with Crippen molar-refractivity contribution in [1.82, 2.24) is 9.97 Å². The number of hydrogen-bond acceptors (Lipinski definition) is 5. The lowest BCUT2D eigenvalue weighted by atomic mass is 10.0. The first-order chi connectivity index (χ1) is 9.53. The van der Waals surface area contributed by atoms with Crippen LogP contribution in [0.3, 0.4) is 0 Å². The van der Waals surface area contributed by atoms with E-state index in [9.17, 15) is 0 Å². The SMILES string of the molecule is CC1(C)Cc2cccc(OCc3cnc(N)cn3)c2O1. The van der Waals surface area contributed by atoms with Crippen LogP contribution in [0.2, 0.25) is 0 Å². The first kappa shape index (κ1) is 12.7. The van der Waals surface area contributed by atoms with E-state index in [1.807, 2.05) is 12.1 Å². The van der Waals surface area contributed by atoms with Crippen LogP contribution in [0.5, 0.6) is 11.5 Å². The summed E-state index contributed by atoms with van der Waals surface area (Å²) in [6.07, 6.45) is 4.03. The molecule has 0 saturated heterocycles. The minimum Gasteiger partial charge on any atom is -0.483 e. The number of benzene rings is 1. The summed E-state index contributed by atoms with van der Waals surface area (Å²) in [5, 5.41) is 0. The summed E-state index contributed by atoms with van der Waals surface area (Å²) in [6, 6.07) is 5.96. The Balaban J connectivity index is 1.76. The van der Waals surface area contributed by atoms with Crippen LogP contribution in [0.4, 0.5) is 5.82 Å². The van der Waals surface area contributed by atoms with E-state index in [0.29, 0.717) is 12.4 Å². The zero-order valence-electron chi connectivity index (χ0n) is 11.6. The molecule has 0 aliphatic carbocycles. The predicted molar refractivity (Wildman–Crippen MR) is 75.6 cm³/mol. The van der Waals surface area contributed by atoms with Gasteiger partial charge in [-0.3, -0.25) is 4.98 Å². The van der Waals surface area contributed by atoms with Crippen LogP contribution in [0, 0.1) is 0 Å². The molecule has 0 fully saturated rings. The molecular weight excluding hydrogens is 254 g/mol. The highest BCUT2D eigenvalue weighted by Crippen LogP contribution is 2.41. The molecule has 1 aliphatic heterocycles. The second-order valence-electron chi connectivity index (χ2n) is 5.50. The highest BCUT2D eigenvalue weighted by Gasteiger charge is 2.32. The largest absolute Gasteiger partial charge is 0.483 e. The van der Waals surface area contributed by atoms with Gasteiger partial charge in [-0.15, -0.1) is 0 Å². The van der Waals surface area contributed by atoms with E-state index < -0.39 is 0 Å². The first-order valence-corrected chi connectivity index (χ1v) is 6.54. The van der Waals surface area contributed by atoms with Gasteiger partial charge < -0.3 is 15.2 Å². The van der Waals surface area contributed by atoms with Crippen molar-refractivity contribution >= 4 is 5.82 Å². The van der Waals surface area contributed by atoms with Crippen molar-refractivity contribution in [2.75, 3.05) is 5.73 Å². The van der Waals surface area contributed by atoms with Crippen LogP contribution in [-0.2, 0) is 13.0 Å². The van der Waals surface area contributed by atoms with E-state index in [1.54, 1.807) is 6.20 Å². The van der Waals surface area contributed by atoms with E-state index in [4.69, 9.17) is 15.2 Å². The fraction of sp³-hybridized carbons (Fsp3) is 0.333. The third-order valence-electron chi connectivity index (χ3n) is 3.16. The molecule has 0 amide bonds. The van der Waals surface area contributed by atoms with E-state index in [1.165, 1.54) is 11.8 Å². The van der Waals surface area contributed by atoms with E-state index in [-0.39, 0.29) is 5.60 Å². The number of hydrogen-bond donors (Lipinski definition) is 1. The molecule has 2 heterocycles. The predicted octanol–water partition coefficient (Wildman–Crippen LogP) is 2.35. The fourth-order valence-electron chi connectivity index (χ4n) is 2.29. The number of rotatable bonds is 3. The number of nitrogens with two attached hydrogens (primary N) is 1. The van der Waals surface area contributed by atoms with Crippen LogP contribution in [0.1, 0.15) is 25.1 Å². The zero-order chi connectivity index (χ0) is 14.2. The van der Waals surface area contributed by atoms with Crippen molar-refractivity contribution in [1.29, 1.82) is 0 Å². The normalized spacial score (nSPS) is 15.5. The fourth-order valence-corrected chi connectivity index (χ4v) is 2.29. The quantitative estimate of drug-likeness (QED) is 0.928. The van der Waals surface area contributed by atoms with E-state index in [0.717, 1.165) is 23.6 Å². The van der Waals surface area contributed by atoms with Gasteiger partial charge in [0.05, 0.1) is 18.1 Å². The molecule has 1 aliphatic rings. The van der Waals surface area contributed by atoms with Crippen LogP contribution in [-0.4, -0.2) is 15.6 Å². The van der Waals surface area contributed by atoms with Crippen LogP contribution in [0.15, 0.2) is 30.6 Å². The van der Waals surface area contributed by atoms with E-state index >= 15 is 0 Å². The molecule has 1 aromatic heterocycles. The summed E-state index contributed by atoms with van der Waals surface area (Å²) in [5.41, 5.74) is 7.23. The Morgan fingerprint density at radius 2 is 2.15 bits per heavy atom. The maximum atomic E-state index is 5.95. The molecular formula is C15H17N3O2. The van der Waals surface area contributed by atoms with Crippen molar-refractivity contribution < 1.29 is 9.47 Å². The molecule has 5 nitrogen and oxygen atoms in total. The second-order valence-corrected chi connectivity index (χ2v) is 5.50. The maximum Gasteiger partial charge on any atom is 0.165 e. The van der Waals surface area contributed by atoms with Gasteiger partial charge in [0.2, 0.25) is 0 Å². The van der Waals surface area contributed by atoms with Crippen LogP contribution in [0.25, 0.3) is 0 Å². The first-order valence-electron chi connectivity index (χ1n) is 6.54. The van der Waals surface area contributed by atoms with Gasteiger partial charge >= 0.3 is 0 Å². The van der Waals surface area contributed by atoms with Gasteiger partial charge in [-0.2, -0.15) is 0 Å². The van der Waals surface area contributed by atoms with Gasteiger partial charge in [0.1, 0.15) is 18.0 Å². The summed E-state index contributed by atoms with van der Waals surface area (Å²) < 4.78 is 11.8. The highest BCUT2D eigenvalue weighted by atomic mass is 16.5. The van der Waals surface area contributed by atoms with Gasteiger partial charge in [-0.1, -0.05) is 12.1 Å². The van der Waals surface area contributed by atoms with Gasteiger partial charge in [0.25, 0.3) is 0 Å². The van der Waals surface area contributed by atoms with Crippen molar-refractivity contribution in [3.8, 4) is 11.5 Å². The Labute approximate surface area is 117 Å². The van der Waals surface area contributed by atoms with Gasteiger partial charge in [-0.05, 0) is 19.9 Å². The Morgan fingerprint density at radius 1 is 1.30 bits per heavy atom. The zero-order valence-corrected chi connectivity index (χ0v) is 11.6. The van der Waals surface area contributed by atoms with Gasteiger partial charge in [-0.25, -0.2) is 4.98 Å². The number of anilines is 1. The molecule has 0 radical (unpaired) electrons. The Morgan fingerprint density at radius 3 is 2.90 bits per heavy atom. The smallest absolute Gasteiger partial charge is 0.165 e. The summed E-state index contributed by atoms with van der Waals surface area (Å²) in [7, 11) is 0. The molecule has 0 bridgehead atoms. The van der Waals surface area contributed by atoms with Crippen molar-refractivity contribution in [3.05, 3.63) is 41.9 Å². The Kier molecular flexibility index (Phi) is 2.97. The number of ether oxygens (including phenoxy) is 2. The monoisotopic (exact) mass is 271 g/mol. The lowest BCUT2D eigenvalue weighted by Gasteiger charge is -2.18. The van der Waals surface area contributed by atoms with E-state index in [2.05, 4.69) is 29.9 Å². The number of para-hydroxylation sites is 1. The average molecular weight is 271 g/mol. The number of aromatic nitrogens is 2. The summed E-state index contributed by atoms with van der Waals surface area (Å²) in [6.45, 7) is 4.48. The van der Waals surface area contributed by atoms with Crippen molar-refractivity contribution in [2.24, 2.45) is 0 Å². The third kappa shape index (κ3) is 2.52. The Bertz CT molecular complexity index is 624. The molecule has 2 N–H and O–H groups in total. The standard InChI is InChI=1S/C15H17N3O2/c1-15(2)6-10-4-3-5-12(14(10)20-15)19-9-11-7-18-13(16)8-17-11/h3-5,7-8H,6,9H2,1-2H3,(H2,16,18). The lowest BCUT2D eigenvalue weighted by Crippen LogP contribution is -2.24. The molecule has 5 heteroatoms. The van der Waals surface area contributed by atoms with Crippen molar-refractivity contribution in [2.45, 2.75) is 32.5 Å². The topological polar surface area (TPSA) is 70.3 Å². The average Bonchev–Trinajstić information content (AvgIpc) is 2.72. The number of nitrogen functional groups attached to an aromatic ring is 1. The summed E-state index contributed by atoms with van der Waals surface area (Å²) >= 11 is 0. The molecule has 2 aromatic rings. The third-order valence-corrected chi connectivity index (χ3v) is 3.16. The number of nitrogens with zero attached hydrogens (tertiary/aromatic N) is 2. The maximum absolute atomic E-state index is 5.95. The number of fused-ring (bicyclic) bond motifs is 1. The minimum absolute atomic E-state index is 0.178. The highest BCUT2D eigenvalue weighted by molar-refractivity contribution is 5.50. The van der Waals surface area contributed by atoms with Gasteiger partial charge in [0, 0.05) is 12.0 Å². The van der Waals surface area contributed by atoms with Crippen LogP contribution < -0.4 is 15.2 Å². The molecule has 0 saturated carbocycles. The Hall–Kier alpha value is -2.30. The molecule has 1 aromatic carbocycles. The second kappa shape index (κ2) is 4.67. The molecule has 0 spiro atoms. The molecule has 0 atom stereocenters. The van der Waals surface area contributed by atoms with Gasteiger partial charge in [0.15, 0.2) is 11.5 Å². The summed E-state index contributed by atoms with van der Waals surface area (Å²) in [5.74, 6) is 1.98. The van der Waals surface area contributed by atoms with Crippen molar-refractivity contribution in [3.63, 3.8) is 0 Å². The molecule has 104 valence electrons. The minimum atomic E-state index is -0.178. The van der Waals surface area contributed by atoms with Crippen LogP contribution >= 0.6 is 0 Å².